The monoisotopic (exact) mass is 350 g/mol. The van der Waals surface area contributed by atoms with Crippen LogP contribution >= 0.6 is 27.5 Å². The third-order valence-electron chi connectivity index (χ3n) is 3.53. The summed E-state index contributed by atoms with van der Waals surface area (Å²) in [5.41, 5.74) is 3.29. The second-order valence-electron chi connectivity index (χ2n) is 5.02. The minimum atomic E-state index is -2.87. The van der Waals surface area contributed by atoms with Crippen molar-refractivity contribution in [3.05, 3.63) is 33.3 Å². The second kappa shape index (κ2) is 5.14. The summed E-state index contributed by atoms with van der Waals surface area (Å²) < 4.78 is 24.1. The molecule has 2 atom stereocenters. The predicted octanol–water partition coefficient (Wildman–Crippen LogP) is 3.78. The highest BCUT2D eigenvalue weighted by atomic mass is 79.9. The van der Waals surface area contributed by atoms with Gasteiger partial charge in [-0.15, -0.1) is 11.6 Å². The van der Waals surface area contributed by atoms with Crippen molar-refractivity contribution in [2.75, 3.05) is 11.5 Å². The van der Waals surface area contributed by atoms with Crippen molar-refractivity contribution in [3.63, 3.8) is 0 Å². The number of halogens is 2. The Hall–Kier alpha value is -0.0600. The van der Waals surface area contributed by atoms with Crippen molar-refractivity contribution in [2.45, 2.75) is 25.6 Å². The molecule has 0 N–H and O–H groups in total. The minimum Gasteiger partial charge on any atom is -0.229 e. The minimum absolute atomic E-state index is 0.0379. The average molecular weight is 352 g/mol. The topological polar surface area (TPSA) is 34.1 Å². The Kier molecular flexibility index (Phi) is 4.10. The Morgan fingerprint density at radius 2 is 2.00 bits per heavy atom. The molecule has 0 saturated carbocycles. The van der Waals surface area contributed by atoms with Crippen LogP contribution in [0.2, 0.25) is 0 Å². The van der Waals surface area contributed by atoms with E-state index in [9.17, 15) is 8.42 Å². The van der Waals surface area contributed by atoms with Crippen LogP contribution in [-0.2, 0) is 9.84 Å². The Bertz CT molecular complexity index is 569. The first kappa shape index (κ1) is 14.4. The normalized spacial score (nSPS) is 24.1. The van der Waals surface area contributed by atoms with E-state index in [0.717, 1.165) is 21.2 Å². The summed E-state index contributed by atoms with van der Waals surface area (Å²) in [6.45, 7) is 4.03. The molecule has 18 heavy (non-hydrogen) atoms. The summed E-state index contributed by atoms with van der Waals surface area (Å²) in [5.74, 6) is 0.529. The van der Waals surface area contributed by atoms with Crippen LogP contribution in [0.4, 0.5) is 0 Å². The SMILES string of the molecule is Cc1cc(C(Cl)C2CCS(=O)(=O)C2)c(C)cc1Br. The van der Waals surface area contributed by atoms with E-state index in [0.29, 0.717) is 6.42 Å². The molecule has 0 spiro atoms. The molecule has 5 heteroatoms. The Morgan fingerprint density at radius 3 is 2.56 bits per heavy atom. The van der Waals surface area contributed by atoms with Crippen LogP contribution in [-0.4, -0.2) is 19.9 Å². The van der Waals surface area contributed by atoms with Gasteiger partial charge in [-0.25, -0.2) is 8.42 Å². The van der Waals surface area contributed by atoms with Crippen molar-refractivity contribution in [1.29, 1.82) is 0 Å². The zero-order valence-corrected chi connectivity index (χ0v) is 13.6. The van der Waals surface area contributed by atoms with Gasteiger partial charge in [0.15, 0.2) is 9.84 Å². The van der Waals surface area contributed by atoms with Gasteiger partial charge >= 0.3 is 0 Å². The first-order valence-electron chi connectivity index (χ1n) is 5.91. The fourth-order valence-electron chi connectivity index (χ4n) is 2.41. The molecule has 1 aliphatic heterocycles. The molecule has 0 amide bonds. The standard InChI is InChI=1S/C13H16BrClO2S/c1-8-6-12(14)9(2)5-11(8)13(15)10-3-4-18(16,17)7-10/h5-6,10,13H,3-4,7H2,1-2H3. The van der Waals surface area contributed by atoms with Crippen LogP contribution in [0.15, 0.2) is 16.6 Å². The van der Waals surface area contributed by atoms with E-state index >= 15 is 0 Å². The lowest BCUT2D eigenvalue weighted by Crippen LogP contribution is -2.11. The van der Waals surface area contributed by atoms with Gasteiger partial charge in [0.25, 0.3) is 0 Å². The summed E-state index contributed by atoms with van der Waals surface area (Å²) in [6.07, 6.45) is 0.672. The van der Waals surface area contributed by atoms with E-state index in [1.165, 1.54) is 0 Å². The molecule has 0 aromatic heterocycles. The van der Waals surface area contributed by atoms with Crippen molar-refractivity contribution < 1.29 is 8.42 Å². The van der Waals surface area contributed by atoms with Crippen LogP contribution in [0, 0.1) is 19.8 Å². The summed E-state index contributed by atoms with van der Waals surface area (Å²) in [6, 6.07) is 4.10. The molecule has 1 fully saturated rings. The maximum atomic E-state index is 11.5. The van der Waals surface area contributed by atoms with Gasteiger partial charge in [-0.3, -0.25) is 0 Å². The maximum Gasteiger partial charge on any atom is 0.150 e. The van der Waals surface area contributed by atoms with Crippen LogP contribution in [0.25, 0.3) is 0 Å². The highest BCUT2D eigenvalue weighted by Gasteiger charge is 2.34. The lowest BCUT2D eigenvalue weighted by molar-refractivity contribution is 0.567. The number of hydrogen-bond donors (Lipinski definition) is 0. The largest absolute Gasteiger partial charge is 0.229 e. The number of alkyl halides is 1. The van der Waals surface area contributed by atoms with Crippen LogP contribution < -0.4 is 0 Å². The second-order valence-corrected chi connectivity index (χ2v) is 8.58. The lowest BCUT2D eigenvalue weighted by Gasteiger charge is -2.19. The van der Waals surface area contributed by atoms with E-state index in [1.807, 2.05) is 19.9 Å². The van der Waals surface area contributed by atoms with Crippen molar-refractivity contribution in [3.8, 4) is 0 Å². The molecular formula is C13H16BrClO2S. The molecule has 0 bridgehead atoms. The number of aryl methyl sites for hydroxylation is 2. The zero-order valence-electron chi connectivity index (χ0n) is 10.4. The van der Waals surface area contributed by atoms with E-state index in [4.69, 9.17) is 11.6 Å². The van der Waals surface area contributed by atoms with Gasteiger partial charge in [0.05, 0.1) is 16.9 Å². The molecule has 0 radical (unpaired) electrons. The van der Waals surface area contributed by atoms with E-state index in [-0.39, 0.29) is 22.8 Å². The van der Waals surface area contributed by atoms with E-state index < -0.39 is 9.84 Å². The van der Waals surface area contributed by atoms with Gasteiger partial charge in [0.2, 0.25) is 0 Å². The molecule has 1 aromatic rings. The lowest BCUT2D eigenvalue weighted by atomic mass is 9.94. The van der Waals surface area contributed by atoms with Gasteiger partial charge < -0.3 is 0 Å². The molecule has 2 unspecified atom stereocenters. The van der Waals surface area contributed by atoms with Gasteiger partial charge in [-0.1, -0.05) is 22.0 Å². The van der Waals surface area contributed by atoms with Gasteiger partial charge in [-0.05, 0) is 48.9 Å². The Morgan fingerprint density at radius 1 is 1.33 bits per heavy atom. The number of benzene rings is 1. The summed E-state index contributed by atoms with van der Waals surface area (Å²) in [5, 5.41) is -0.214. The number of sulfone groups is 1. The van der Waals surface area contributed by atoms with E-state index in [1.54, 1.807) is 0 Å². The summed E-state index contributed by atoms with van der Waals surface area (Å²) in [7, 11) is -2.87. The first-order chi connectivity index (χ1) is 8.30. The quantitative estimate of drug-likeness (QED) is 0.760. The smallest absolute Gasteiger partial charge is 0.150 e. The highest BCUT2D eigenvalue weighted by molar-refractivity contribution is 9.10. The number of rotatable bonds is 2. The molecule has 2 nitrogen and oxygen atoms in total. The zero-order chi connectivity index (χ0) is 13.5. The van der Waals surface area contributed by atoms with E-state index in [2.05, 4.69) is 22.0 Å². The van der Waals surface area contributed by atoms with Crippen LogP contribution in [0.5, 0.6) is 0 Å². The maximum absolute atomic E-state index is 11.5. The predicted molar refractivity (Wildman–Crippen MR) is 79.0 cm³/mol. The Balaban J connectivity index is 2.30. The molecule has 0 aliphatic carbocycles. The van der Waals surface area contributed by atoms with Gasteiger partial charge in [0, 0.05) is 4.47 Å². The molecule has 2 rings (SSSR count). The molecule has 100 valence electrons. The summed E-state index contributed by atoms with van der Waals surface area (Å²) in [4.78, 5) is 0. The fraction of sp³-hybridized carbons (Fsp3) is 0.538. The Labute approximate surface area is 122 Å². The number of hydrogen-bond acceptors (Lipinski definition) is 2. The molecule has 1 aliphatic rings. The summed E-state index contributed by atoms with van der Waals surface area (Å²) >= 11 is 9.98. The average Bonchev–Trinajstić information content (AvgIpc) is 2.63. The van der Waals surface area contributed by atoms with Crippen LogP contribution in [0.3, 0.4) is 0 Å². The molecule has 1 saturated heterocycles. The van der Waals surface area contributed by atoms with Crippen molar-refractivity contribution in [1.82, 2.24) is 0 Å². The van der Waals surface area contributed by atoms with Crippen molar-refractivity contribution >= 4 is 37.4 Å². The fourth-order valence-corrected chi connectivity index (χ4v) is 5.26. The first-order valence-corrected chi connectivity index (χ1v) is 8.96. The molecular weight excluding hydrogens is 336 g/mol. The third-order valence-corrected chi connectivity index (χ3v) is 6.77. The van der Waals surface area contributed by atoms with Gasteiger partial charge in [-0.2, -0.15) is 0 Å². The highest BCUT2D eigenvalue weighted by Crippen LogP contribution is 2.38. The molecule has 1 heterocycles. The van der Waals surface area contributed by atoms with Crippen LogP contribution in [0.1, 0.15) is 28.5 Å². The third kappa shape index (κ3) is 2.91. The van der Waals surface area contributed by atoms with Crippen molar-refractivity contribution in [2.24, 2.45) is 5.92 Å². The molecule has 1 aromatic carbocycles. The van der Waals surface area contributed by atoms with Gasteiger partial charge in [0.1, 0.15) is 0 Å².